The van der Waals surface area contributed by atoms with Crippen LogP contribution in [0.3, 0.4) is 0 Å². The molecule has 3 heterocycles. The van der Waals surface area contributed by atoms with Crippen molar-refractivity contribution in [3.05, 3.63) is 0 Å². The molecule has 3 amide bonds. The zero-order chi connectivity index (χ0) is 16.2. The summed E-state index contributed by atoms with van der Waals surface area (Å²) in [5.41, 5.74) is 0. The summed E-state index contributed by atoms with van der Waals surface area (Å²) in [6, 6.07) is 0.488. The van der Waals surface area contributed by atoms with E-state index in [2.05, 4.69) is 0 Å². The van der Waals surface area contributed by atoms with E-state index in [1.165, 1.54) is 0 Å². The largest absolute Gasteiger partial charge is 0.396 e. The third-order valence-corrected chi connectivity index (χ3v) is 5.60. The molecule has 0 aliphatic carbocycles. The molecule has 23 heavy (non-hydrogen) atoms. The Morgan fingerprint density at radius 2 is 1.87 bits per heavy atom. The van der Waals surface area contributed by atoms with Gasteiger partial charge in [-0.05, 0) is 44.4 Å². The predicted molar refractivity (Wildman–Crippen MR) is 86.9 cm³/mol. The number of aliphatic hydroxyl groups excluding tert-OH is 1. The molecular formula is C17H29N3O3. The summed E-state index contributed by atoms with van der Waals surface area (Å²) >= 11 is 0. The van der Waals surface area contributed by atoms with Crippen LogP contribution in [0.25, 0.3) is 0 Å². The molecule has 0 spiro atoms. The Morgan fingerprint density at radius 3 is 2.61 bits per heavy atom. The van der Waals surface area contributed by atoms with Crippen molar-refractivity contribution in [2.24, 2.45) is 5.92 Å². The normalized spacial score (nSPS) is 28.2. The highest BCUT2D eigenvalue weighted by atomic mass is 16.3. The minimum absolute atomic E-state index is 0.189. The highest BCUT2D eigenvalue weighted by Crippen LogP contribution is 2.32. The molecule has 6 heteroatoms. The van der Waals surface area contributed by atoms with Crippen LogP contribution in [0.4, 0.5) is 4.79 Å². The molecule has 3 fully saturated rings. The van der Waals surface area contributed by atoms with Gasteiger partial charge in [-0.1, -0.05) is 0 Å². The highest BCUT2D eigenvalue weighted by Gasteiger charge is 2.40. The van der Waals surface area contributed by atoms with E-state index in [0.717, 1.165) is 71.2 Å². The lowest BCUT2D eigenvalue weighted by atomic mass is 9.83. The van der Waals surface area contributed by atoms with E-state index in [9.17, 15) is 9.59 Å². The molecule has 1 N–H and O–H groups in total. The number of likely N-dealkylation sites (tertiary alicyclic amines) is 3. The van der Waals surface area contributed by atoms with Crippen molar-refractivity contribution >= 4 is 11.9 Å². The first-order valence-corrected chi connectivity index (χ1v) is 9.15. The van der Waals surface area contributed by atoms with E-state index < -0.39 is 0 Å². The van der Waals surface area contributed by atoms with Crippen LogP contribution in [-0.2, 0) is 4.79 Å². The third kappa shape index (κ3) is 3.62. The van der Waals surface area contributed by atoms with Crippen molar-refractivity contribution in [2.45, 2.75) is 51.0 Å². The summed E-state index contributed by atoms with van der Waals surface area (Å²) in [5, 5.41) is 8.94. The Labute approximate surface area is 138 Å². The number of amides is 3. The minimum Gasteiger partial charge on any atom is -0.396 e. The first-order valence-electron chi connectivity index (χ1n) is 9.15. The fourth-order valence-corrected chi connectivity index (χ4v) is 4.32. The molecule has 2 atom stereocenters. The van der Waals surface area contributed by atoms with Crippen LogP contribution in [0.15, 0.2) is 0 Å². The van der Waals surface area contributed by atoms with Gasteiger partial charge in [-0.3, -0.25) is 4.79 Å². The Morgan fingerprint density at radius 1 is 1.09 bits per heavy atom. The number of urea groups is 1. The van der Waals surface area contributed by atoms with Crippen molar-refractivity contribution in [1.82, 2.24) is 14.7 Å². The maximum atomic E-state index is 12.6. The first-order chi connectivity index (χ1) is 11.2. The quantitative estimate of drug-likeness (QED) is 0.793. The van der Waals surface area contributed by atoms with Crippen LogP contribution >= 0.6 is 0 Å². The molecule has 0 aromatic rings. The van der Waals surface area contributed by atoms with Gasteiger partial charge >= 0.3 is 6.03 Å². The third-order valence-electron chi connectivity index (χ3n) is 5.60. The molecule has 0 aromatic heterocycles. The van der Waals surface area contributed by atoms with Gasteiger partial charge in [0.2, 0.25) is 5.91 Å². The number of carbonyl (C=O) groups excluding carboxylic acids is 2. The number of nitrogens with zero attached hydrogens (tertiary/aromatic N) is 3. The van der Waals surface area contributed by atoms with E-state index in [1.807, 2.05) is 14.7 Å². The number of hydrogen-bond acceptors (Lipinski definition) is 3. The molecule has 130 valence electrons. The molecule has 3 saturated heterocycles. The lowest BCUT2D eigenvalue weighted by Gasteiger charge is -2.47. The molecule has 3 aliphatic heterocycles. The van der Waals surface area contributed by atoms with Gasteiger partial charge in [-0.2, -0.15) is 0 Å². The van der Waals surface area contributed by atoms with Crippen LogP contribution in [0.2, 0.25) is 0 Å². The standard InChI is InChI=1S/C17H29N3O3/c21-12-4-3-10-20-15-7-11-19(13-14(15)5-6-16(20)22)17(23)18-8-1-2-9-18/h14-15,21H,1-13H2/t14-,15+/m0/s1. The molecule has 6 nitrogen and oxygen atoms in total. The predicted octanol–water partition coefficient (Wildman–Crippen LogP) is 1.29. The van der Waals surface area contributed by atoms with Gasteiger partial charge in [0.1, 0.15) is 0 Å². The van der Waals surface area contributed by atoms with Crippen LogP contribution in [0.5, 0.6) is 0 Å². The summed E-state index contributed by atoms with van der Waals surface area (Å²) < 4.78 is 0. The second-order valence-corrected chi connectivity index (χ2v) is 7.10. The fourth-order valence-electron chi connectivity index (χ4n) is 4.32. The Bertz CT molecular complexity index is 437. The van der Waals surface area contributed by atoms with Gasteiger partial charge in [-0.25, -0.2) is 4.79 Å². The Kier molecular flexibility index (Phi) is 5.41. The van der Waals surface area contributed by atoms with Gasteiger partial charge in [0.05, 0.1) is 0 Å². The fraction of sp³-hybridized carbons (Fsp3) is 0.882. The molecular weight excluding hydrogens is 294 g/mol. The zero-order valence-electron chi connectivity index (χ0n) is 14.0. The molecule has 3 rings (SSSR count). The maximum absolute atomic E-state index is 12.6. The summed E-state index contributed by atoms with van der Waals surface area (Å²) in [7, 11) is 0. The average molecular weight is 323 g/mol. The van der Waals surface area contributed by atoms with Crippen molar-refractivity contribution in [1.29, 1.82) is 0 Å². The van der Waals surface area contributed by atoms with Gasteiger partial charge in [0.15, 0.2) is 0 Å². The number of unbranched alkanes of at least 4 members (excludes halogenated alkanes) is 1. The molecule has 0 unspecified atom stereocenters. The number of carbonyl (C=O) groups is 2. The number of hydrogen-bond donors (Lipinski definition) is 1. The lowest BCUT2D eigenvalue weighted by molar-refractivity contribution is -0.140. The second kappa shape index (κ2) is 7.51. The Hall–Kier alpha value is -1.30. The van der Waals surface area contributed by atoms with E-state index in [-0.39, 0.29) is 24.6 Å². The van der Waals surface area contributed by atoms with Crippen molar-refractivity contribution in [2.75, 3.05) is 39.3 Å². The second-order valence-electron chi connectivity index (χ2n) is 7.10. The summed E-state index contributed by atoms with van der Waals surface area (Å²) in [5.74, 6) is 0.672. The molecule has 0 aromatic carbocycles. The first kappa shape index (κ1) is 16.6. The number of aliphatic hydroxyl groups is 1. The van der Waals surface area contributed by atoms with E-state index >= 15 is 0 Å². The van der Waals surface area contributed by atoms with Crippen LogP contribution in [0.1, 0.15) is 44.9 Å². The van der Waals surface area contributed by atoms with Crippen LogP contribution in [-0.4, -0.2) is 77.1 Å². The lowest BCUT2D eigenvalue weighted by Crippen LogP contribution is -2.58. The zero-order valence-corrected chi connectivity index (χ0v) is 14.0. The summed E-state index contributed by atoms with van der Waals surface area (Å²) in [4.78, 5) is 30.8. The average Bonchev–Trinajstić information content (AvgIpc) is 3.10. The topological polar surface area (TPSA) is 64.1 Å². The Balaban J connectivity index is 1.58. The van der Waals surface area contributed by atoms with E-state index in [0.29, 0.717) is 12.3 Å². The van der Waals surface area contributed by atoms with Gasteiger partial charge in [0, 0.05) is 51.8 Å². The minimum atomic E-state index is 0.189. The summed E-state index contributed by atoms with van der Waals surface area (Å²) in [6.45, 7) is 4.29. The molecule has 0 bridgehead atoms. The van der Waals surface area contributed by atoms with Crippen molar-refractivity contribution in [3.8, 4) is 0 Å². The molecule has 3 aliphatic rings. The van der Waals surface area contributed by atoms with Crippen molar-refractivity contribution in [3.63, 3.8) is 0 Å². The molecule has 0 radical (unpaired) electrons. The number of fused-ring (bicyclic) bond motifs is 1. The molecule has 0 saturated carbocycles. The number of piperidine rings is 2. The van der Waals surface area contributed by atoms with Crippen molar-refractivity contribution < 1.29 is 14.7 Å². The van der Waals surface area contributed by atoms with E-state index in [4.69, 9.17) is 5.11 Å². The van der Waals surface area contributed by atoms with Gasteiger partial charge < -0.3 is 19.8 Å². The van der Waals surface area contributed by atoms with Crippen LogP contribution < -0.4 is 0 Å². The maximum Gasteiger partial charge on any atom is 0.320 e. The highest BCUT2D eigenvalue weighted by molar-refractivity contribution is 5.78. The van der Waals surface area contributed by atoms with Crippen LogP contribution in [0, 0.1) is 5.92 Å². The summed E-state index contributed by atoms with van der Waals surface area (Å²) in [6.07, 6.45) is 6.27. The smallest absolute Gasteiger partial charge is 0.320 e. The monoisotopic (exact) mass is 323 g/mol. The SMILES string of the molecule is O=C(N1CCCC1)N1CC[C@@H]2[C@@H](CCC(=O)N2CCCCO)C1. The number of rotatable bonds is 4. The van der Waals surface area contributed by atoms with E-state index in [1.54, 1.807) is 0 Å². The van der Waals surface area contributed by atoms with Gasteiger partial charge in [0.25, 0.3) is 0 Å². The van der Waals surface area contributed by atoms with Gasteiger partial charge in [-0.15, -0.1) is 0 Å².